The molecule has 0 saturated heterocycles. The van der Waals surface area contributed by atoms with Crippen LogP contribution in [0, 0.1) is 5.41 Å². The van der Waals surface area contributed by atoms with E-state index in [1.165, 1.54) is 30.6 Å². The number of rotatable bonds is 2. The van der Waals surface area contributed by atoms with Crippen molar-refractivity contribution in [3.8, 4) is 0 Å². The van der Waals surface area contributed by atoms with Crippen molar-refractivity contribution in [3.05, 3.63) is 21.3 Å². The van der Waals surface area contributed by atoms with Crippen LogP contribution >= 0.6 is 22.9 Å². The molecule has 0 spiro atoms. The molecule has 1 fully saturated rings. The highest BCUT2D eigenvalue weighted by Crippen LogP contribution is 2.40. The lowest BCUT2D eigenvalue weighted by molar-refractivity contribution is 0.0754. The molecule has 1 nitrogen and oxygen atoms in total. The highest BCUT2D eigenvalue weighted by molar-refractivity contribution is 7.18. The Morgan fingerprint density at radius 3 is 2.53 bits per heavy atom. The number of thiophene rings is 1. The molecule has 2 rings (SSSR count). The van der Waals surface area contributed by atoms with Crippen LogP contribution in [0.5, 0.6) is 0 Å². The lowest BCUT2D eigenvalue weighted by Crippen LogP contribution is -2.29. The van der Waals surface area contributed by atoms with Crippen molar-refractivity contribution in [2.45, 2.75) is 39.0 Å². The molecule has 0 unspecified atom stereocenters. The van der Waals surface area contributed by atoms with Gasteiger partial charge in [0.05, 0.1) is 9.21 Å². The van der Waals surface area contributed by atoms with Gasteiger partial charge in [-0.05, 0) is 25.0 Å². The molecule has 0 amide bonds. The van der Waals surface area contributed by atoms with Crippen LogP contribution in [0.25, 0.3) is 0 Å². The highest BCUT2D eigenvalue weighted by Gasteiger charge is 2.35. The van der Waals surface area contributed by atoms with Crippen molar-refractivity contribution < 1.29 is 4.79 Å². The summed E-state index contributed by atoms with van der Waals surface area (Å²) >= 11 is 7.26. The Balaban J connectivity index is 2.19. The first-order valence-corrected chi connectivity index (χ1v) is 6.61. The molecule has 1 saturated carbocycles. The molecule has 0 radical (unpaired) electrons. The van der Waals surface area contributed by atoms with Crippen molar-refractivity contribution in [2.24, 2.45) is 5.41 Å². The van der Waals surface area contributed by atoms with E-state index in [0.29, 0.717) is 10.1 Å². The average molecular weight is 243 g/mol. The summed E-state index contributed by atoms with van der Waals surface area (Å²) in [6.45, 7) is 2.10. The summed E-state index contributed by atoms with van der Waals surface area (Å²) in [6.07, 6.45) is 5.69. The van der Waals surface area contributed by atoms with Gasteiger partial charge in [0.1, 0.15) is 0 Å². The SMILES string of the molecule is CC1(C(=O)c2ccc(Cl)s2)CCCCC1. The predicted molar refractivity (Wildman–Crippen MR) is 64.9 cm³/mol. The van der Waals surface area contributed by atoms with Crippen LogP contribution in [-0.2, 0) is 0 Å². The van der Waals surface area contributed by atoms with Gasteiger partial charge in [-0.15, -0.1) is 11.3 Å². The number of Topliss-reactive ketones (excluding diaryl/α,β-unsaturated/α-hetero) is 1. The summed E-state index contributed by atoms with van der Waals surface area (Å²) in [6, 6.07) is 3.67. The summed E-state index contributed by atoms with van der Waals surface area (Å²) in [5.41, 5.74) is -0.133. The number of carbonyl (C=O) groups excluding carboxylic acids is 1. The Labute approximate surface area is 99.5 Å². The molecular formula is C12H15ClOS. The van der Waals surface area contributed by atoms with Crippen LogP contribution in [0.15, 0.2) is 12.1 Å². The smallest absolute Gasteiger partial charge is 0.178 e. The van der Waals surface area contributed by atoms with E-state index in [2.05, 4.69) is 6.92 Å². The molecule has 0 aliphatic heterocycles. The second-order valence-corrected chi connectivity index (χ2v) is 6.27. The van der Waals surface area contributed by atoms with Gasteiger partial charge in [-0.1, -0.05) is 37.8 Å². The summed E-state index contributed by atoms with van der Waals surface area (Å²) in [5, 5.41) is 0. The molecule has 82 valence electrons. The molecule has 1 aromatic rings. The first kappa shape index (κ1) is 11.2. The van der Waals surface area contributed by atoms with Gasteiger partial charge in [-0.3, -0.25) is 4.79 Å². The monoisotopic (exact) mass is 242 g/mol. The number of halogens is 1. The van der Waals surface area contributed by atoms with Gasteiger partial charge in [-0.2, -0.15) is 0 Å². The predicted octanol–water partition coefficient (Wildman–Crippen LogP) is 4.55. The number of hydrogen-bond acceptors (Lipinski definition) is 2. The van der Waals surface area contributed by atoms with Gasteiger partial charge in [0.2, 0.25) is 0 Å². The average Bonchev–Trinajstić information content (AvgIpc) is 2.65. The van der Waals surface area contributed by atoms with E-state index < -0.39 is 0 Å². The first-order chi connectivity index (χ1) is 7.12. The molecule has 0 N–H and O–H groups in total. The Hall–Kier alpha value is -0.340. The summed E-state index contributed by atoms with van der Waals surface area (Å²) in [5.74, 6) is 0.291. The van der Waals surface area contributed by atoms with E-state index in [4.69, 9.17) is 11.6 Å². The zero-order valence-electron chi connectivity index (χ0n) is 8.88. The second-order valence-electron chi connectivity index (χ2n) is 4.55. The van der Waals surface area contributed by atoms with E-state index in [-0.39, 0.29) is 5.41 Å². The maximum atomic E-state index is 12.3. The van der Waals surface area contributed by atoms with Crippen LogP contribution in [0.1, 0.15) is 48.7 Å². The first-order valence-electron chi connectivity index (χ1n) is 5.42. The van der Waals surface area contributed by atoms with Crippen LogP contribution in [0.4, 0.5) is 0 Å². The summed E-state index contributed by atoms with van der Waals surface area (Å²) in [4.78, 5) is 13.1. The fourth-order valence-corrected chi connectivity index (χ4v) is 3.43. The molecule has 3 heteroatoms. The lowest BCUT2D eigenvalue weighted by Gasteiger charge is -2.31. The Morgan fingerprint density at radius 1 is 1.33 bits per heavy atom. The third kappa shape index (κ3) is 2.26. The van der Waals surface area contributed by atoms with Gasteiger partial charge >= 0.3 is 0 Å². The van der Waals surface area contributed by atoms with Crippen molar-refractivity contribution in [2.75, 3.05) is 0 Å². The molecule has 0 aromatic carbocycles. The number of ketones is 1. The van der Waals surface area contributed by atoms with Crippen molar-refractivity contribution in [3.63, 3.8) is 0 Å². The minimum Gasteiger partial charge on any atom is -0.293 e. The Morgan fingerprint density at radius 2 is 2.00 bits per heavy atom. The van der Waals surface area contributed by atoms with Crippen molar-refractivity contribution in [1.29, 1.82) is 0 Å². The fraction of sp³-hybridized carbons (Fsp3) is 0.583. The number of carbonyl (C=O) groups is 1. The minimum absolute atomic E-state index is 0.133. The minimum atomic E-state index is -0.133. The van der Waals surface area contributed by atoms with Gasteiger partial charge in [0.15, 0.2) is 5.78 Å². The van der Waals surface area contributed by atoms with Gasteiger partial charge in [-0.25, -0.2) is 0 Å². The molecule has 1 aromatic heterocycles. The fourth-order valence-electron chi connectivity index (χ4n) is 2.29. The van der Waals surface area contributed by atoms with E-state index in [9.17, 15) is 4.79 Å². The summed E-state index contributed by atoms with van der Waals surface area (Å²) < 4.78 is 0.706. The summed E-state index contributed by atoms with van der Waals surface area (Å²) in [7, 11) is 0. The standard InChI is InChI=1S/C12H15ClOS/c1-12(7-3-2-4-8-12)11(14)9-5-6-10(13)15-9/h5-6H,2-4,7-8H2,1H3. The molecule has 1 aliphatic rings. The van der Waals surface area contributed by atoms with E-state index in [1.807, 2.05) is 12.1 Å². The van der Waals surface area contributed by atoms with E-state index in [0.717, 1.165) is 17.7 Å². The van der Waals surface area contributed by atoms with Crippen LogP contribution in [-0.4, -0.2) is 5.78 Å². The largest absolute Gasteiger partial charge is 0.293 e. The Bertz CT molecular complexity index is 363. The molecular weight excluding hydrogens is 228 g/mol. The van der Waals surface area contributed by atoms with Crippen molar-refractivity contribution in [1.82, 2.24) is 0 Å². The third-order valence-corrected chi connectivity index (χ3v) is 4.53. The van der Waals surface area contributed by atoms with Crippen LogP contribution in [0.3, 0.4) is 0 Å². The molecule has 0 bridgehead atoms. The maximum absolute atomic E-state index is 12.3. The Kier molecular flexibility index (Phi) is 3.17. The quantitative estimate of drug-likeness (QED) is 0.695. The molecule has 1 heterocycles. The maximum Gasteiger partial charge on any atom is 0.178 e. The molecule has 1 aliphatic carbocycles. The van der Waals surface area contributed by atoms with Gasteiger partial charge < -0.3 is 0 Å². The highest BCUT2D eigenvalue weighted by atomic mass is 35.5. The molecule has 0 atom stereocenters. The van der Waals surface area contributed by atoms with Crippen LogP contribution in [0.2, 0.25) is 4.34 Å². The zero-order valence-corrected chi connectivity index (χ0v) is 10.5. The lowest BCUT2D eigenvalue weighted by atomic mass is 9.72. The van der Waals surface area contributed by atoms with E-state index in [1.54, 1.807) is 0 Å². The third-order valence-electron chi connectivity index (χ3n) is 3.30. The molecule has 15 heavy (non-hydrogen) atoms. The second kappa shape index (κ2) is 4.26. The normalized spacial score (nSPS) is 20.1. The van der Waals surface area contributed by atoms with E-state index >= 15 is 0 Å². The number of hydrogen-bond donors (Lipinski definition) is 0. The van der Waals surface area contributed by atoms with Gasteiger partial charge in [0.25, 0.3) is 0 Å². The van der Waals surface area contributed by atoms with Crippen molar-refractivity contribution >= 4 is 28.7 Å². The topological polar surface area (TPSA) is 17.1 Å². The van der Waals surface area contributed by atoms with Gasteiger partial charge in [0, 0.05) is 5.41 Å². The van der Waals surface area contributed by atoms with Crippen LogP contribution < -0.4 is 0 Å². The zero-order chi connectivity index (χ0) is 10.9.